The number of aliphatic carboxylic acids is 1. The number of fused-ring (bicyclic) bond motifs is 1. The van der Waals surface area contributed by atoms with Crippen LogP contribution in [0.4, 0.5) is 0 Å². The molecule has 1 aromatic heterocycles. The Labute approximate surface area is 179 Å². The first kappa shape index (κ1) is 22.6. The molecule has 1 amide bonds. The third-order valence-electron chi connectivity index (χ3n) is 7.08. The molecule has 1 unspecified atom stereocenters. The highest BCUT2D eigenvalue weighted by Gasteiger charge is 2.34. The fraction of sp³-hybridized carbons (Fsp3) is 0.708. The highest BCUT2D eigenvalue weighted by atomic mass is 16.4. The van der Waals surface area contributed by atoms with E-state index in [0.29, 0.717) is 12.5 Å². The van der Waals surface area contributed by atoms with Gasteiger partial charge in [0.1, 0.15) is 11.1 Å². The molecule has 1 atom stereocenters. The van der Waals surface area contributed by atoms with Crippen LogP contribution in [0.5, 0.6) is 0 Å². The van der Waals surface area contributed by atoms with Crippen LogP contribution in [-0.2, 0) is 24.2 Å². The number of nitrogens with one attached hydrogen (secondary N) is 1. The molecular formula is C24H36N2O4. The van der Waals surface area contributed by atoms with E-state index in [4.69, 9.17) is 0 Å². The van der Waals surface area contributed by atoms with E-state index in [2.05, 4.69) is 5.32 Å². The lowest BCUT2D eigenvalue weighted by Gasteiger charge is -2.28. The first-order valence-electron chi connectivity index (χ1n) is 11.7. The van der Waals surface area contributed by atoms with Gasteiger partial charge in [0.15, 0.2) is 0 Å². The number of aromatic nitrogens is 1. The van der Waals surface area contributed by atoms with Crippen molar-refractivity contribution in [2.45, 2.75) is 103 Å². The van der Waals surface area contributed by atoms with Gasteiger partial charge >= 0.3 is 5.97 Å². The number of amides is 1. The Morgan fingerprint density at radius 1 is 1.10 bits per heavy atom. The molecular weight excluding hydrogens is 380 g/mol. The predicted molar refractivity (Wildman–Crippen MR) is 117 cm³/mol. The molecule has 0 saturated heterocycles. The summed E-state index contributed by atoms with van der Waals surface area (Å²) in [5, 5.41) is 12.1. The Hall–Kier alpha value is -2.11. The van der Waals surface area contributed by atoms with Crippen LogP contribution >= 0.6 is 0 Å². The molecule has 6 nitrogen and oxygen atoms in total. The minimum Gasteiger partial charge on any atom is -0.480 e. The monoisotopic (exact) mass is 416 g/mol. The molecule has 2 N–H and O–H groups in total. The summed E-state index contributed by atoms with van der Waals surface area (Å²) in [5.41, 5.74) is 0.622. The van der Waals surface area contributed by atoms with E-state index < -0.39 is 17.4 Å². The molecule has 1 aromatic rings. The molecule has 0 radical (unpaired) electrons. The topological polar surface area (TPSA) is 88.4 Å². The number of hydrogen-bond donors (Lipinski definition) is 2. The van der Waals surface area contributed by atoms with Crippen molar-refractivity contribution in [2.75, 3.05) is 0 Å². The van der Waals surface area contributed by atoms with E-state index in [-0.39, 0.29) is 17.5 Å². The maximum atomic E-state index is 13.5. The average Bonchev–Trinajstić information content (AvgIpc) is 2.71. The minimum absolute atomic E-state index is 0.0889. The highest BCUT2D eigenvalue weighted by molar-refractivity contribution is 5.97. The molecule has 6 heteroatoms. The van der Waals surface area contributed by atoms with E-state index in [1.165, 1.54) is 32.6 Å². The van der Waals surface area contributed by atoms with Crippen LogP contribution in [0.3, 0.4) is 0 Å². The standard InChI is InChI=1S/C24H36N2O4/c1-3-24(2,23(29)30)25-21(27)19-15-18-13-9-4-5-10-14-20(18)26(22(19)28)16-17-11-7-6-8-12-17/h15,17H,3-14,16H2,1-2H3,(H,25,27)(H,29,30). The van der Waals surface area contributed by atoms with Gasteiger partial charge < -0.3 is 15.0 Å². The number of carbonyl (C=O) groups is 2. The third kappa shape index (κ3) is 4.96. The van der Waals surface area contributed by atoms with Crippen LogP contribution in [0.25, 0.3) is 0 Å². The number of carboxylic acids is 1. The van der Waals surface area contributed by atoms with Gasteiger partial charge in [-0.1, -0.05) is 39.0 Å². The van der Waals surface area contributed by atoms with Crippen LogP contribution in [0.1, 0.15) is 99.7 Å². The number of rotatable bonds is 6. The number of aryl methyl sites for hydroxylation is 1. The zero-order chi connectivity index (χ0) is 21.7. The molecule has 0 aliphatic heterocycles. The molecule has 1 fully saturated rings. The fourth-order valence-corrected chi connectivity index (χ4v) is 4.83. The Kier molecular flexibility index (Phi) is 7.37. The molecule has 2 aliphatic rings. The third-order valence-corrected chi connectivity index (χ3v) is 7.08. The largest absolute Gasteiger partial charge is 0.480 e. The van der Waals surface area contributed by atoms with Gasteiger partial charge in [-0.25, -0.2) is 4.79 Å². The van der Waals surface area contributed by atoms with Crippen molar-refractivity contribution in [3.05, 3.63) is 33.2 Å². The van der Waals surface area contributed by atoms with Crippen molar-refractivity contribution in [1.82, 2.24) is 9.88 Å². The number of carboxylic acid groups (broad SMARTS) is 1. The minimum atomic E-state index is -1.39. The smallest absolute Gasteiger partial charge is 0.329 e. The number of hydrogen-bond acceptors (Lipinski definition) is 3. The van der Waals surface area contributed by atoms with Gasteiger partial charge in [-0.3, -0.25) is 9.59 Å². The summed E-state index contributed by atoms with van der Waals surface area (Å²) >= 11 is 0. The molecule has 2 aliphatic carbocycles. The zero-order valence-corrected chi connectivity index (χ0v) is 18.5. The number of pyridine rings is 1. The van der Waals surface area contributed by atoms with E-state index >= 15 is 0 Å². The molecule has 1 saturated carbocycles. The normalized spacial score (nSPS) is 19.8. The molecule has 166 valence electrons. The second-order valence-electron chi connectivity index (χ2n) is 9.31. The van der Waals surface area contributed by atoms with Crippen LogP contribution in [-0.4, -0.2) is 27.1 Å². The van der Waals surface area contributed by atoms with Crippen molar-refractivity contribution in [3.8, 4) is 0 Å². The van der Waals surface area contributed by atoms with Crippen LogP contribution in [0.15, 0.2) is 10.9 Å². The first-order valence-corrected chi connectivity index (χ1v) is 11.7. The van der Waals surface area contributed by atoms with Gasteiger partial charge in [-0.15, -0.1) is 0 Å². The molecule has 3 rings (SSSR count). The van der Waals surface area contributed by atoms with Crippen molar-refractivity contribution < 1.29 is 14.7 Å². The maximum Gasteiger partial charge on any atom is 0.329 e. The fourth-order valence-electron chi connectivity index (χ4n) is 4.83. The van der Waals surface area contributed by atoms with Gasteiger partial charge in [-0.05, 0) is 69.4 Å². The second-order valence-corrected chi connectivity index (χ2v) is 9.31. The van der Waals surface area contributed by atoms with E-state index in [0.717, 1.165) is 56.2 Å². The number of carbonyl (C=O) groups excluding carboxylic acids is 1. The highest BCUT2D eigenvalue weighted by Crippen LogP contribution is 2.27. The Balaban J connectivity index is 2.01. The summed E-state index contributed by atoms with van der Waals surface area (Å²) < 4.78 is 1.87. The van der Waals surface area contributed by atoms with Gasteiger partial charge in [-0.2, -0.15) is 0 Å². The van der Waals surface area contributed by atoms with Gasteiger partial charge in [0, 0.05) is 12.2 Å². The van der Waals surface area contributed by atoms with Crippen LogP contribution in [0.2, 0.25) is 0 Å². The summed E-state index contributed by atoms with van der Waals surface area (Å²) in [6.45, 7) is 3.88. The van der Waals surface area contributed by atoms with Crippen molar-refractivity contribution in [2.24, 2.45) is 5.92 Å². The second kappa shape index (κ2) is 9.80. The van der Waals surface area contributed by atoms with Crippen molar-refractivity contribution in [1.29, 1.82) is 0 Å². The lowest BCUT2D eigenvalue weighted by molar-refractivity contribution is -0.143. The Morgan fingerprint density at radius 3 is 2.37 bits per heavy atom. The quantitative estimate of drug-likeness (QED) is 0.732. The van der Waals surface area contributed by atoms with Crippen LogP contribution < -0.4 is 10.9 Å². The maximum absolute atomic E-state index is 13.5. The van der Waals surface area contributed by atoms with E-state index in [1.54, 1.807) is 13.0 Å². The summed E-state index contributed by atoms with van der Waals surface area (Å²) in [5.74, 6) is -1.19. The van der Waals surface area contributed by atoms with Crippen molar-refractivity contribution >= 4 is 11.9 Å². The molecule has 0 bridgehead atoms. The molecule has 1 heterocycles. The predicted octanol–water partition coefficient (Wildman–Crippen LogP) is 4.07. The molecule has 0 aromatic carbocycles. The summed E-state index contributed by atoms with van der Waals surface area (Å²) in [6.07, 6.45) is 12.4. The van der Waals surface area contributed by atoms with E-state index in [1.807, 2.05) is 4.57 Å². The zero-order valence-electron chi connectivity index (χ0n) is 18.5. The summed E-state index contributed by atoms with van der Waals surface area (Å²) in [4.78, 5) is 38.1. The molecule has 30 heavy (non-hydrogen) atoms. The van der Waals surface area contributed by atoms with Crippen LogP contribution in [0, 0.1) is 5.92 Å². The lowest BCUT2D eigenvalue weighted by atomic mass is 9.88. The van der Waals surface area contributed by atoms with E-state index in [9.17, 15) is 19.5 Å². The lowest BCUT2D eigenvalue weighted by Crippen LogP contribution is -2.53. The van der Waals surface area contributed by atoms with Crippen molar-refractivity contribution in [3.63, 3.8) is 0 Å². The summed E-state index contributed by atoms with van der Waals surface area (Å²) in [7, 11) is 0. The average molecular weight is 417 g/mol. The summed E-state index contributed by atoms with van der Waals surface area (Å²) in [6, 6.07) is 1.74. The van der Waals surface area contributed by atoms with Gasteiger partial charge in [0.2, 0.25) is 0 Å². The van der Waals surface area contributed by atoms with Gasteiger partial charge in [0.05, 0.1) is 0 Å². The first-order chi connectivity index (χ1) is 14.4. The Morgan fingerprint density at radius 2 is 1.73 bits per heavy atom. The SMILES string of the molecule is CCC(C)(NC(=O)c1cc2c(n(CC3CCCCC3)c1=O)CCCCCC2)C(=O)O. The number of nitrogens with zero attached hydrogens (tertiary/aromatic N) is 1. The Bertz CT molecular complexity index is 838. The molecule has 0 spiro atoms. The van der Waals surface area contributed by atoms with Gasteiger partial charge in [0.25, 0.3) is 11.5 Å².